The average Bonchev–Trinajstić information content (AvgIpc) is 2.55. The summed E-state index contributed by atoms with van der Waals surface area (Å²) >= 11 is 0. The molecule has 2 nitrogen and oxygen atoms in total. The molecule has 0 bridgehead atoms. The number of phenols is 1. The minimum atomic E-state index is -0.0157. The molecular formula is C22H32O2. The fourth-order valence-corrected chi connectivity index (χ4v) is 3.44. The van der Waals surface area contributed by atoms with Crippen molar-refractivity contribution in [2.24, 2.45) is 11.3 Å². The minimum Gasteiger partial charge on any atom is -0.507 e. The van der Waals surface area contributed by atoms with Crippen molar-refractivity contribution in [3.05, 3.63) is 41.5 Å². The predicted octanol–water partition coefficient (Wildman–Crippen LogP) is 6.41. The average molecular weight is 328 g/mol. The summed E-state index contributed by atoms with van der Waals surface area (Å²) in [4.78, 5) is 10.7. The van der Waals surface area contributed by atoms with Gasteiger partial charge in [0.05, 0.1) is 5.56 Å². The molecular weight excluding hydrogens is 296 g/mol. The summed E-state index contributed by atoms with van der Waals surface area (Å²) < 4.78 is 0. The van der Waals surface area contributed by atoms with Crippen LogP contribution in [0.3, 0.4) is 0 Å². The molecule has 0 saturated heterocycles. The fraction of sp³-hybridized carbons (Fsp3) is 0.500. The van der Waals surface area contributed by atoms with Crippen molar-refractivity contribution in [2.45, 2.75) is 59.8 Å². The first-order valence-electron chi connectivity index (χ1n) is 8.82. The Morgan fingerprint density at radius 1 is 1.04 bits per heavy atom. The number of aryl methyl sites for hydroxylation is 1. The number of aldehydes is 1. The van der Waals surface area contributed by atoms with E-state index in [2.05, 4.69) is 33.9 Å². The van der Waals surface area contributed by atoms with Crippen LogP contribution in [0.15, 0.2) is 19.2 Å². The number of hydrogen-bond donors (Lipinski definition) is 1. The molecule has 0 unspecified atom stereocenters. The zero-order valence-corrected chi connectivity index (χ0v) is 15.7. The molecule has 0 amide bonds. The number of benzene rings is 1. The Kier molecular flexibility index (Phi) is 7.47. The molecule has 0 aromatic heterocycles. The summed E-state index contributed by atoms with van der Waals surface area (Å²) in [7, 11) is 0. The van der Waals surface area contributed by atoms with Crippen LogP contribution in [0.4, 0.5) is 0 Å². The molecule has 0 spiro atoms. The maximum atomic E-state index is 10.7. The summed E-state index contributed by atoms with van der Waals surface area (Å²) in [6.45, 7) is 16.3. The molecule has 2 rings (SSSR count). The first-order valence-corrected chi connectivity index (χ1v) is 8.82. The first kappa shape index (κ1) is 20.2. The molecule has 1 fully saturated rings. The lowest BCUT2D eigenvalue weighted by molar-refractivity contribution is 0.112. The van der Waals surface area contributed by atoms with Crippen molar-refractivity contribution in [1.29, 1.82) is 0 Å². The number of rotatable bonds is 3. The zero-order valence-electron chi connectivity index (χ0n) is 15.7. The van der Waals surface area contributed by atoms with E-state index in [1.807, 2.05) is 6.92 Å². The molecule has 132 valence electrons. The van der Waals surface area contributed by atoms with Crippen LogP contribution in [0.2, 0.25) is 0 Å². The monoisotopic (exact) mass is 328 g/mol. The quantitative estimate of drug-likeness (QED) is 0.651. The normalized spacial score (nSPS) is 15.2. The number of aromatic hydroxyl groups is 1. The molecule has 0 aliphatic heterocycles. The molecule has 1 aliphatic rings. The molecule has 1 aromatic rings. The van der Waals surface area contributed by atoms with Crippen LogP contribution in [0.1, 0.15) is 79.9 Å². The van der Waals surface area contributed by atoms with Gasteiger partial charge in [0.2, 0.25) is 0 Å². The highest BCUT2D eigenvalue weighted by molar-refractivity contribution is 5.89. The molecule has 1 aromatic carbocycles. The Labute approximate surface area is 147 Å². The number of carbonyl (C=O) groups is 1. The van der Waals surface area contributed by atoms with Gasteiger partial charge in [0.15, 0.2) is 6.29 Å². The number of phenolic OH excluding ortho intramolecular Hbond substituents is 1. The standard InChI is InChI=1S/C12H12O2.C10H20/c1-4-9-8(3)6-12(14)11(7-13)10(9)5-2;1-10(2,3)9-7-5-4-6-8-9/h4-7,14H,1-2H2,3H3;9H,4-8H2,1-3H3. The lowest BCUT2D eigenvalue weighted by Gasteiger charge is -2.33. The Hall–Kier alpha value is -1.83. The van der Waals surface area contributed by atoms with Gasteiger partial charge in [0.1, 0.15) is 5.75 Å². The van der Waals surface area contributed by atoms with Crippen molar-refractivity contribution >= 4 is 18.4 Å². The van der Waals surface area contributed by atoms with Gasteiger partial charge >= 0.3 is 0 Å². The van der Waals surface area contributed by atoms with E-state index in [0.717, 1.165) is 17.0 Å². The maximum Gasteiger partial charge on any atom is 0.154 e. The van der Waals surface area contributed by atoms with Crippen molar-refractivity contribution in [3.63, 3.8) is 0 Å². The lowest BCUT2D eigenvalue weighted by atomic mass is 9.72. The van der Waals surface area contributed by atoms with Crippen LogP contribution in [0.5, 0.6) is 5.75 Å². The van der Waals surface area contributed by atoms with Crippen molar-refractivity contribution < 1.29 is 9.90 Å². The van der Waals surface area contributed by atoms with Gasteiger partial charge in [-0.2, -0.15) is 0 Å². The Morgan fingerprint density at radius 3 is 1.96 bits per heavy atom. The topological polar surface area (TPSA) is 37.3 Å². The van der Waals surface area contributed by atoms with Gasteiger partial charge in [-0.25, -0.2) is 0 Å². The SMILES string of the molecule is C=Cc1c(C)cc(O)c(C=O)c1C=C.CC(C)(C)C1CCCCC1. The highest BCUT2D eigenvalue weighted by Gasteiger charge is 2.25. The summed E-state index contributed by atoms with van der Waals surface area (Å²) in [6, 6.07) is 1.55. The Morgan fingerprint density at radius 2 is 1.58 bits per heavy atom. The van der Waals surface area contributed by atoms with Gasteiger partial charge in [-0.1, -0.05) is 65.3 Å². The van der Waals surface area contributed by atoms with E-state index < -0.39 is 0 Å². The lowest BCUT2D eigenvalue weighted by Crippen LogP contribution is -2.22. The van der Waals surface area contributed by atoms with Gasteiger partial charge in [-0.3, -0.25) is 4.79 Å². The van der Waals surface area contributed by atoms with Gasteiger partial charge in [-0.05, 0) is 53.9 Å². The second-order valence-corrected chi connectivity index (χ2v) is 7.68. The van der Waals surface area contributed by atoms with Gasteiger partial charge in [0.25, 0.3) is 0 Å². The molecule has 24 heavy (non-hydrogen) atoms. The third-order valence-corrected chi connectivity index (χ3v) is 4.99. The van der Waals surface area contributed by atoms with E-state index in [4.69, 9.17) is 0 Å². The third-order valence-electron chi connectivity index (χ3n) is 4.99. The van der Waals surface area contributed by atoms with Crippen LogP contribution >= 0.6 is 0 Å². The number of carbonyl (C=O) groups excluding carboxylic acids is 1. The molecule has 1 aliphatic carbocycles. The highest BCUT2D eigenvalue weighted by atomic mass is 16.3. The van der Waals surface area contributed by atoms with Gasteiger partial charge < -0.3 is 5.11 Å². The van der Waals surface area contributed by atoms with E-state index in [1.165, 1.54) is 32.1 Å². The van der Waals surface area contributed by atoms with Crippen molar-refractivity contribution in [3.8, 4) is 5.75 Å². The molecule has 1 saturated carbocycles. The second-order valence-electron chi connectivity index (χ2n) is 7.68. The second kappa shape index (κ2) is 8.86. The Bertz CT molecular complexity index is 553. The molecule has 0 atom stereocenters. The summed E-state index contributed by atoms with van der Waals surface area (Å²) in [5, 5.41) is 9.51. The maximum absolute atomic E-state index is 10.7. The highest BCUT2D eigenvalue weighted by Crippen LogP contribution is 2.37. The zero-order chi connectivity index (χ0) is 18.3. The number of hydrogen-bond acceptors (Lipinski definition) is 2. The van der Waals surface area contributed by atoms with Crippen LogP contribution < -0.4 is 0 Å². The fourth-order valence-electron chi connectivity index (χ4n) is 3.44. The smallest absolute Gasteiger partial charge is 0.154 e. The third kappa shape index (κ3) is 5.09. The molecule has 0 radical (unpaired) electrons. The van der Waals surface area contributed by atoms with Crippen LogP contribution in [-0.2, 0) is 0 Å². The van der Waals surface area contributed by atoms with E-state index >= 15 is 0 Å². The predicted molar refractivity (Wildman–Crippen MR) is 104 cm³/mol. The van der Waals surface area contributed by atoms with Crippen LogP contribution in [-0.4, -0.2) is 11.4 Å². The van der Waals surface area contributed by atoms with Crippen molar-refractivity contribution in [1.82, 2.24) is 0 Å². The van der Waals surface area contributed by atoms with E-state index in [0.29, 0.717) is 17.3 Å². The first-order chi connectivity index (χ1) is 11.3. The largest absolute Gasteiger partial charge is 0.507 e. The van der Waals surface area contributed by atoms with Gasteiger partial charge in [0, 0.05) is 0 Å². The summed E-state index contributed by atoms with van der Waals surface area (Å²) in [5.74, 6) is 0.985. The summed E-state index contributed by atoms with van der Waals surface area (Å²) in [5.41, 5.74) is 3.17. The van der Waals surface area contributed by atoms with E-state index in [1.54, 1.807) is 18.2 Å². The molecule has 0 heterocycles. The van der Waals surface area contributed by atoms with Gasteiger partial charge in [-0.15, -0.1) is 0 Å². The summed E-state index contributed by atoms with van der Waals surface area (Å²) in [6.07, 6.45) is 11.2. The van der Waals surface area contributed by atoms with E-state index in [9.17, 15) is 9.90 Å². The van der Waals surface area contributed by atoms with Crippen LogP contribution in [0.25, 0.3) is 12.2 Å². The van der Waals surface area contributed by atoms with Crippen molar-refractivity contribution in [2.75, 3.05) is 0 Å². The van der Waals surface area contributed by atoms with Crippen LogP contribution in [0, 0.1) is 18.3 Å². The van der Waals surface area contributed by atoms with E-state index in [-0.39, 0.29) is 11.3 Å². The molecule has 1 N–H and O–H groups in total. The Balaban J connectivity index is 0.000000254. The molecule has 2 heteroatoms. The minimum absolute atomic E-state index is 0.0157.